The zero-order valence-corrected chi connectivity index (χ0v) is 12.4. The molecule has 0 aromatic carbocycles. The van der Waals surface area contributed by atoms with E-state index >= 15 is 0 Å². The Morgan fingerprint density at radius 3 is 2.50 bits per heavy atom. The minimum Gasteiger partial charge on any atom is -0.386 e. The summed E-state index contributed by atoms with van der Waals surface area (Å²) in [5, 5.41) is 10.2. The smallest absolute Gasteiger partial charge is 0.262 e. The Morgan fingerprint density at radius 1 is 1.40 bits per heavy atom. The lowest BCUT2D eigenvalue weighted by atomic mass is 9.94. The zero-order valence-electron chi connectivity index (χ0n) is 12.4. The van der Waals surface area contributed by atoms with Gasteiger partial charge in [0.1, 0.15) is 12.2 Å². The molecule has 2 aliphatic heterocycles. The highest BCUT2D eigenvalue weighted by Gasteiger charge is 2.51. The van der Waals surface area contributed by atoms with Crippen molar-refractivity contribution in [2.24, 2.45) is 0 Å². The van der Waals surface area contributed by atoms with Crippen molar-refractivity contribution < 1.29 is 23.8 Å². The van der Waals surface area contributed by atoms with Crippen LogP contribution in [0.15, 0.2) is 0 Å². The van der Waals surface area contributed by atoms with E-state index in [-0.39, 0.29) is 6.61 Å². The van der Waals surface area contributed by atoms with Crippen LogP contribution in [0.5, 0.6) is 0 Å². The number of aliphatic hydroxyl groups excluding tert-OH is 1. The standard InChI is InChI=1S/C14H24FNO4/c1-13(2)19-9-10(20-13)11(17)14(3,15)12(18)16-7-5-4-6-8-16/h10-11,17H,4-9H2,1-3H3/t10-,11+,14+/m1/s1. The molecule has 20 heavy (non-hydrogen) atoms. The maximum Gasteiger partial charge on any atom is 0.262 e. The summed E-state index contributed by atoms with van der Waals surface area (Å²) in [6.45, 7) is 5.71. The van der Waals surface area contributed by atoms with Gasteiger partial charge in [-0.25, -0.2) is 4.39 Å². The Morgan fingerprint density at radius 2 is 2.00 bits per heavy atom. The number of rotatable bonds is 3. The molecule has 2 fully saturated rings. The van der Waals surface area contributed by atoms with Gasteiger partial charge in [0.25, 0.3) is 5.91 Å². The molecule has 2 aliphatic rings. The normalized spacial score (nSPS) is 30.9. The van der Waals surface area contributed by atoms with Gasteiger partial charge in [-0.05, 0) is 40.0 Å². The van der Waals surface area contributed by atoms with E-state index in [2.05, 4.69) is 0 Å². The van der Waals surface area contributed by atoms with Crippen LogP contribution in [-0.2, 0) is 14.3 Å². The fraction of sp³-hybridized carbons (Fsp3) is 0.929. The number of alkyl halides is 1. The molecule has 2 heterocycles. The summed E-state index contributed by atoms with van der Waals surface area (Å²) >= 11 is 0. The highest BCUT2D eigenvalue weighted by atomic mass is 19.1. The van der Waals surface area contributed by atoms with Gasteiger partial charge in [-0.3, -0.25) is 4.79 Å². The van der Waals surface area contributed by atoms with E-state index in [1.807, 2.05) is 0 Å². The lowest BCUT2D eigenvalue weighted by Crippen LogP contribution is -2.56. The molecule has 0 bridgehead atoms. The van der Waals surface area contributed by atoms with Crippen LogP contribution in [0, 0.1) is 0 Å². The van der Waals surface area contributed by atoms with Crippen LogP contribution in [0.3, 0.4) is 0 Å². The summed E-state index contributed by atoms with van der Waals surface area (Å²) in [7, 11) is 0. The molecule has 116 valence electrons. The van der Waals surface area contributed by atoms with Gasteiger partial charge in [-0.15, -0.1) is 0 Å². The third-order valence-electron chi connectivity index (χ3n) is 4.00. The van der Waals surface area contributed by atoms with Crippen molar-refractivity contribution >= 4 is 5.91 Å². The fourth-order valence-electron chi connectivity index (χ4n) is 2.75. The lowest BCUT2D eigenvalue weighted by Gasteiger charge is -2.35. The topological polar surface area (TPSA) is 59.0 Å². The van der Waals surface area contributed by atoms with Gasteiger partial charge in [-0.1, -0.05) is 0 Å². The SMILES string of the molecule is CC1(C)OC[C@H]([C@H](O)[C@](C)(F)C(=O)N2CCCCC2)O1. The van der Waals surface area contributed by atoms with Gasteiger partial charge in [0, 0.05) is 13.1 Å². The number of likely N-dealkylation sites (tertiary alicyclic amines) is 1. The average Bonchev–Trinajstić information content (AvgIpc) is 2.78. The molecule has 0 aliphatic carbocycles. The largest absolute Gasteiger partial charge is 0.386 e. The number of halogens is 1. The van der Waals surface area contributed by atoms with E-state index in [1.54, 1.807) is 13.8 Å². The highest BCUT2D eigenvalue weighted by molar-refractivity contribution is 5.85. The summed E-state index contributed by atoms with van der Waals surface area (Å²) < 4.78 is 25.6. The number of ether oxygens (including phenoxy) is 2. The van der Waals surface area contributed by atoms with Crippen LogP contribution >= 0.6 is 0 Å². The summed E-state index contributed by atoms with van der Waals surface area (Å²) in [4.78, 5) is 13.8. The van der Waals surface area contributed by atoms with Crippen molar-refractivity contribution in [1.29, 1.82) is 0 Å². The first-order chi connectivity index (χ1) is 9.24. The summed E-state index contributed by atoms with van der Waals surface area (Å²) in [6.07, 6.45) is 0.470. The van der Waals surface area contributed by atoms with Crippen molar-refractivity contribution in [1.82, 2.24) is 4.90 Å². The Bertz CT molecular complexity index is 366. The predicted molar refractivity (Wildman–Crippen MR) is 70.9 cm³/mol. The van der Waals surface area contributed by atoms with E-state index in [1.165, 1.54) is 4.90 Å². The first-order valence-electron chi connectivity index (χ1n) is 7.22. The second kappa shape index (κ2) is 5.58. The van der Waals surface area contributed by atoms with Crippen molar-refractivity contribution in [2.75, 3.05) is 19.7 Å². The number of aliphatic hydroxyl groups is 1. The maximum atomic E-state index is 14.8. The quantitative estimate of drug-likeness (QED) is 0.849. The fourth-order valence-corrected chi connectivity index (χ4v) is 2.75. The number of amides is 1. The second-order valence-corrected chi connectivity index (χ2v) is 6.24. The molecule has 3 atom stereocenters. The molecule has 1 N–H and O–H groups in total. The molecule has 0 radical (unpaired) electrons. The molecule has 0 aromatic heterocycles. The summed E-state index contributed by atoms with van der Waals surface area (Å²) in [5.74, 6) is -1.51. The number of carbonyl (C=O) groups excluding carboxylic acids is 1. The molecule has 6 heteroatoms. The highest BCUT2D eigenvalue weighted by Crippen LogP contribution is 2.31. The predicted octanol–water partition coefficient (Wildman–Crippen LogP) is 1.24. The van der Waals surface area contributed by atoms with E-state index in [0.717, 1.165) is 26.2 Å². The monoisotopic (exact) mass is 289 g/mol. The van der Waals surface area contributed by atoms with Crippen molar-refractivity contribution in [3.05, 3.63) is 0 Å². The number of hydrogen-bond acceptors (Lipinski definition) is 4. The third-order valence-corrected chi connectivity index (χ3v) is 4.00. The number of hydrogen-bond donors (Lipinski definition) is 1. The minimum absolute atomic E-state index is 0.0843. The van der Waals surface area contributed by atoms with E-state index in [4.69, 9.17) is 9.47 Å². The molecule has 0 saturated carbocycles. The van der Waals surface area contributed by atoms with Crippen LogP contribution in [0.2, 0.25) is 0 Å². The minimum atomic E-state index is -2.36. The molecule has 5 nitrogen and oxygen atoms in total. The van der Waals surface area contributed by atoms with Gasteiger partial charge in [0.2, 0.25) is 5.67 Å². The molecule has 0 spiro atoms. The molecule has 2 saturated heterocycles. The summed E-state index contributed by atoms with van der Waals surface area (Å²) in [5.41, 5.74) is -2.36. The molecular formula is C14H24FNO4. The van der Waals surface area contributed by atoms with E-state index in [9.17, 15) is 14.3 Å². The zero-order chi connectivity index (χ0) is 15.0. The van der Waals surface area contributed by atoms with Gasteiger partial charge in [0.15, 0.2) is 5.79 Å². The lowest BCUT2D eigenvalue weighted by molar-refractivity contribution is -0.176. The second-order valence-electron chi connectivity index (χ2n) is 6.24. The van der Waals surface area contributed by atoms with Crippen LogP contribution < -0.4 is 0 Å². The summed E-state index contributed by atoms with van der Waals surface area (Å²) in [6, 6.07) is 0. The Hall–Kier alpha value is -0.720. The van der Waals surface area contributed by atoms with Crippen molar-refractivity contribution in [2.45, 2.75) is 63.7 Å². The Balaban J connectivity index is 2.03. The molecule has 0 unspecified atom stereocenters. The van der Waals surface area contributed by atoms with Crippen molar-refractivity contribution in [3.63, 3.8) is 0 Å². The van der Waals surface area contributed by atoms with Gasteiger partial charge < -0.3 is 19.5 Å². The third kappa shape index (κ3) is 3.13. The van der Waals surface area contributed by atoms with E-state index < -0.39 is 29.6 Å². The molecule has 2 rings (SSSR count). The van der Waals surface area contributed by atoms with Gasteiger partial charge in [0.05, 0.1) is 6.61 Å². The Labute approximate surface area is 119 Å². The van der Waals surface area contributed by atoms with E-state index in [0.29, 0.717) is 13.1 Å². The van der Waals surface area contributed by atoms with Crippen LogP contribution in [-0.4, -0.2) is 59.3 Å². The number of carbonyl (C=O) groups is 1. The van der Waals surface area contributed by atoms with Crippen molar-refractivity contribution in [3.8, 4) is 0 Å². The first-order valence-corrected chi connectivity index (χ1v) is 7.22. The van der Waals surface area contributed by atoms with Crippen LogP contribution in [0.25, 0.3) is 0 Å². The first kappa shape index (κ1) is 15.7. The number of piperidine rings is 1. The number of nitrogens with zero attached hydrogens (tertiary/aromatic N) is 1. The Kier molecular flexibility index (Phi) is 4.37. The molecule has 0 aromatic rings. The van der Waals surface area contributed by atoms with Gasteiger partial charge >= 0.3 is 0 Å². The maximum absolute atomic E-state index is 14.8. The molecule has 1 amide bonds. The molecular weight excluding hydrogens is 265 g/mol. The van der Waals surface area contributed by atoms with Crippen LogP contribution in [0.1, 0.15) is 40.0 Å². The van der Waals surface area contributed by atoms with Crippen LogP contribution in [0.4, 0.5) is 4.39 Å². The van der Waals surface area contributed by atoms with Gasteiger partial charge in [-0.2, -0.15) is 0 Å². The average molecular weight is 289 g/mol.